The van der Waals surface area contributed by atoms with Crippen LogP contribution in [0.4, 0.5) is 0 Å². The number of halogens is 1. The number of phenolic OH excluding ortho intramolecular Hbond substituents is 1. The average molecular weight is 354 g/mol. The summed E-state index contributed by atoms with van der Waals surface area (Å²) in [7, 11) is 0. The van der Waals surface area contributed by atoms with Crippen molar-refractivity contribution in [2.24, 2.45) is 5.92 Å². The van der Waals surface area contributed by atoms with E-state index in [-0.39, 0.29) is 5.41 Å². The van der Waals surface area contributed by atoms with E-state index < -0.39 is 0 Å². The lowest BCUT2D eigenvalue weighted by Gasteiger charge is -2.56. The minimum atomic E-state index is 0.289. The van der Waals surface area contributed by atoms with Crippen molar-refractivity contribution in [2.75, 3.05) is 6.54 Å². The summed E-state index contributed by atoms with van der Waals surface area (Å²) in [6.45, 7) is 1.11. The highest BCUT2D eigenvalue weighted by Crippen LogP contribution is 2.55. The standard InChI is InChI=1S/C22H24ClNO/c23-16-6-4-14(5-7-16)17-11-15-12-20-18-3-1-2-8-22(18,9-10-24-20)19(15)13-21(17)25/h4-7,11,13,18,20,24-25H,1-3,8-10,12H2/t18-,20+,22+/m1/s1. The number of aromatic hydroxyl groups is 1. The van der Waals surface area contributed by atoms with Crippen molar-refractivity contribution in [1.29, 1.82) is 0 Å². The highest BCUT2D eigenvalue weighted by atomic mass is 35.5. The molecule has 2 aromatic carbocycles. The van der Waals surface area contributed by atoms with E-state index in [1.165, 1.54) is 43.2 Å². The van der Waals surface area contributed by atoms with Gasteiger partial charge in [0.2, 0.25) is 0 Å². The molecule has 25 heavy (non-hydrogen) atoms. The first-order chi connectivity index (χ1) is 12.2. The van der Waals surface area contributed by atoms with Crippen LogP contribution >= 0.6 is 11.6 Å². The van der Waals surface area contributed by atoms with Crippen LogP contribution in [0.1, 0.15) is 43.2 Å². The monoisotopic (exact) mass is 353 g/mol. The third-order valence-electron chi connectivity index (χ3n) is 6.91. The van der Waals surface area contributed by atoms with Crippen molar-refractivity contribution < 1.29 is 5.11 Å². The van der Waals surface area contributed by atoms with Crippen LogP contribution in [0.15, 0.2) is 36.4 Å². The van der Waals surface area contributed by atoms with Gasteiger partial charge in [-0.3, -0.25) is 0 Å². The molecule has 0 amide bonds. The second-order valence-corrected chi connectivity index (χ2v) is 8.49. The van der Waals surface area contributed by atoms with E-state index in [2.05, 4.69) is 17.4 Å². The fourth-order valence-corrected chi connectivity index (χ4v) is 5.96. The lowest BCUT2D eigenvalue weighted by atomic mass is 9.52. The van der Waals surface area contributed by atoms with Crippen LogP contribution in [-0.4, -0.2) is 17.7 Å². The van der Waals surface area contributed by atoms with Crippen molar-refractivity contribution in [3.8, 4) is 16.9 Å². The molecule has 1 aliphatic heterocycles. The van der Waals surface area contributed by atoms with Gasteiger partial charge in [-0.15, -0.1) is 0 Å². The molecule has 3 atom stereocenters. The van der Waals surface area contributed by atoms with Crippen molar-refractivity contribution in [3.63, 3.8) is 0 Å². The summed E-state index contributed by atoms with van der Waals surface area (Å²) >= 11 is 6.02. The molecular formula is C22H24ClNO. The van der Waals surface area contributed by atoms with E-state index >= 15 is 0 Å². The lowest BCUT2D eigenvalue weighted by Crippen LogP contribution is -2.59. The zero-order chi connectivity index (χ0) is 17.0. The van der Waals surface area contributed by atoms with E-state index in [0.717, 1.165) is 35.0 Å². The number of hydrogen-bond acceptors (Lipinski definition) is 2. The molecule has 1 saturated heterocycles. The number of hydrogen-bond donors (Lipinski definition) is 2. The fraction of sp³-hybridized carbons (Fsp3) is 0.455. The number of nitrogens with one attached hydrogen (secondary N) is 1. The van der Waals surface area contributed by atoms with Gasteiger partial charge in [0, 0.05) is 22.0 Å². The third-order valence-corrected chi connectivity index (χ3v) is 7.17. The van der Waals surface area contributed by atoms with Gasteiger partial charge in [-0.1, -0.05) is 36.6 Å². The minimum Gasteiger partial charge on any atom is -0.507 e. The maximum atomic E-state index is 10.8. The zero-order valence-electron chi connectivity index (χ0n) is 14.4. The van der Waals surface area contributed by atoms with Crippen LogP contribution in [-0.2, 0) is 11.8 Å². The highest BCUT2D eigenvalue weighted by molar-refractivity contribution is 6.30. The number of benzene rings is 2. The Hall–Kier alpha value is -1.51. The molecule has 3 heteroatoms. The van der Waals surface area contributed by atoms with Crippen molar-refractivity contribution in [3.05, 3.63) is 52.5 Å². The number of phenols is 1. The molecule has 1 heterocycles. The summed E-state index contributed by atoms with van der Waals surface area (Å²) in [6, 6.07) is 12.7. The molecule has 2 fully saturated rings. The molecule has 2 aromatic rings. The summed E-state index contributed by atoms with van der Waals surface area (Å²) in [5, 5.41) is 15.3. The van der Waals surface area contributed by atoms with Crippen LogP contribution in [0.3, 0.4) is 0 Å². The van der Waals surface area contributed by atoms with Crippen LogP contribution in [0, 0.1) is 5.92 Å². The zero-order valence-corrected chi connectivity index (χ0v) is 15.1. The van der Waals surface area contributed by atoms with Gasteiger partial charge in [-0.25, -0.2) is 0 Å². The Morgan fingerprint density at radius 1 is 1.08 bits per heavy atom. The average Bonchev–Trinajstić information content (AvgIpc) is 2.63. The molecule has 0 spiro atoms. The van der Waals surface area contributed by atoms with Gasteiger partial charge in [-0.2, -0.15) is 0 Å². The Morgan fingerprint density at radius 3 is 2.76 bits per heavy atom. The molecule has 0 radical (unpaired) electrons. The van der Waals surface area contributed by atoms with E-state index in [1.807, 2.05) is 24.3 Å². The summed E-state index contributed by atoms with van der Waals surface area (Å²) in [5.41, 5.74) is 5.12. The number of fused-ring (bicyclic) bond motifs is 1. The molecule has 2 bridgehead atoms. The second-order valence-electron chi connectivity index (χ2n) is 8.06. The Kier molecular flexibility index (Phi) is 3.62. The molecule has 130 valence electrons. The van der Waals surface area contributed by atoms with Gasteiger partial charge in [0.1, 0.15) is 5.75 Å². The second kappa shape index (κ2) is 5.75. The maximum absolute atomic E-state index is 10.8. The molecule has 2 aliphatic carbocycles. The Bertz CT molecular complexity index is 812. The van der Waals surface area contributed by atoms with Crippen molar-refractivity contribution in [1.82, 2.24) is 5.32 Å². The smallest absolute Gasteiger partial charge is 0.123 e. The quantitative estimate of drug-likeness (QED) is 0.751. The summed E-state index contributed by atoms with van der Waals surface area (Å²) in [4.78, 5) is 0. The predicted octanol–water partition coefficient (Wildman–Crippen LogP) is 5.06. The molecule has 0 unspecified atom stereocenters. The van der Waals surface area contributed by atoms with Crippen molar-refractivity contribution >= 4 is 11.6 Å². The Morgan fingerprint density at radius 2 is 1.92 bits per heavy atom. The van der Waals surface area contributed by atoms with Crippen molar-refractivity contribution in [2.45, 2.75) is 50.0 Å². The number of rotatable bonds is 1. The van der Waals surface area contributed by atoms with Crippen LogP contribution in [0.25, 0.3) is 11.1 Å². The normalized spacial score (nSPS) is 30.4. The van der Waals surface area contributed by atoms with Gasteiger partial charge in [-0.05, 0) is 79.1 Å². The Balaban J connectivity index is 1.65. The first-order valence-electron chi connectivity index (χ1n) is 9.53. The SMILES string of the molecule is Oc1cc2c(cc1-c1ccc(Cl)cc1)C[C@@H]1NCC[C@]23CCCC[C@H]13. The molecule has 0 aromatic heterocycles. The maximum Gasteiger partial charge on any atom is 0.123 e. The Labute approximate surface area is 154 Å². The van der Waals surface area contributed by atoms with Crippen LogP contribution in [0.2, 0.25) is 5.02 Å². The largest absolute Gasteiger partial charge is 0.507 e. The molecule has 2 N–H and O–H groups in total. The summed E-state index contributed by atoms with van der Waals surface area (Å²) in [6.07, 6.45) is 7.58. The van der Waals surface area contributed by atoms with E-state index in [9.17, 15) is 5.11 Å². The van der Waals surface area contributed by atoms with E-state index in [1.54, 1.807) is 0 Å². The van der Waals surface area contributed by atoms with Gasteiger partial charge in [0.25, 0.3) is 0 Å². The van der Waals surface area contributed by atoms with Crippen LogP contribution < -0.4 is 5.32 Å². The van der Waals surface area contributed by atoms with Gasteiger partial charge in [0.15, 0.2) is 0 Å². The molecule has 1 saturated carbocycles. The molecule has 2 nitrogen and oxygen atoms in total. The van der Waals surface area contributed by atoms with E-state index in [0.29, 0.717) is 11.8 Å². The molecular weight excluding hydrogens is 330 g/mol. The van der Waals surface area contributed by atoms with Gasteiger partial charge in [0.05, 0.1) is 0 Å². The van der Waals surface area contributed by atoms with Crippen LogP contribution in [0.5, 0.6) is 5.75 Å². The highest BCUT2D eigenvalue weighted by Gasteiger charge is 2.51. The molecule has 3 aliphatic rings. The first kappa shape index (κ1) is 15.7. The first-order valence-corrected chi connectivity index (χ1v) is 9.91. The lowest BCUT2D eigenvalue weighted by molar-refractivity contribution is 0.0796. The van der Waals surface area contributed by atoms with Gasteiger partial charge >= 0.3 is 0 Å². The summed E-state index contributed by atoms with van der Waals surface area (Å²) in [5.74, 6) is 1.15. The predicted molar refractivity (Wildman–Crippen MR) is 102 cm³/mol. The third kappa shape index (κ3) is 2.34. The van der Waals surface area contributed by atoms with Gasteiger partial charge < -0.3 is 10.4 Å². The number of piperidine rings is 1. The minimum absolute atomic E-state index is 0.289. The topological polar surface area (TPSA) is 32.3 Å². The summed E-state index contributed by atoms with van der Waals surface area (Å²) < 4.78 is 0. The fourth-order valence-electron chi connectivity index (χ4n) is 5.83. The molecule has 5 rings (SSSR count). The van der Waals surface area contributed by atoms with E-state index in [4.69, 9.17) is 11.6 Å².